The van der Waals surface area contributed by atoms with Gasteiger partial charge in [-0.2, -0.15) is 0 Å². The topological polar surface area (TPSA) is 75.2 Å². The van der Waals surface area contributed by atoms with E-state index in [1.54, 1.807) is 25.3 Å². The van der Waals surface area contributed by atoms with Gasteiger partial charge >= 0.3 is 5.97 Å². The first kappa shape index (κ1) is 22.6. The fraction of sp³-hybridized carbons (Fsp3) is 0.0769. The van der Waals surface area contributed by atoms with E-state index in [9.17, 15) is 9.90 Å². The minimum Gasteiger partial charge on any atom is -0.497 e. The zero-order valence-electron chi connectivity index (χ0n) is 17.9. The van der Waals surface area contributed by atoms with Gasteiger partial charge in [0, 0.05) is 11.1 Å². The molecule has 0 fully saturated rings. The molecular weight excluding hydrogens is 459 g/mol. The summed E-state index contributed by atoms with van der Waals surface area (Å²) < 4.78 is 5.26. The molecule has 1 aromatic heterocycles. The molecule has 1 heterocycles. The third-order valence-electron chi connectivity index (χ3n) is 5.13. The number of carboxylic acids is 1. The van der Waals surface area contributed by atoms with Gasteiger partial charge in [-0.3, -0.25) is 0 Å². The number of carbonyl (C=O) groups is 1. The van der Waals surface area contributed by atoms with Crippen LogP contribution in [0.5, 0.6) is 5.75 Å². The Morgan fingerprint density at radius 3 is 2.36 bits per heavy atom. The number of aromatic amines is 1. The van der Waals surface area contributed by atoms with Crippen LogP contribution < -0.4 is 4.74 Å². The van der Waals surface area contributed by atoms with Gasteiger partial charge in [0.05, 0.1) is 34.1 Å². The summed E-state index contributed by atoms with van der Waals surface area (Å²) in [5.41, 5.74) is 4.65. The van der Waals surface area contributed by atoms with Crippen LogP contribution in [0.25, 0.3) is 34.2 Å². The van der Waals surface area contributed by atoms with Crippen molar-refractivity contribution in [1.82, 2.24) is 9.97 Å². The molecule has 0 aliphatic heterocycles. The van der Waals surface area contributed by atoms with Crippen LogP contribution >= 0.6 is 23.2 Å². The van der Waals surface area contributed by atoms with Gasteiger partial charge in [0.2, 0.25) is 0 Å². The zero-order chi connectivity index (χ0) is 23.5. The lowest BCUT2D eigenvalue weighted by Crippen LogP contribution is -2.00. The van der Waals surface area contributed by atoms with E-state index in [1.807, 2.05) is 55.5 Å². The first-order valence-corrected chi connectivity index (χ1v) is 10.8. The highest BCUT2D eigenvalue weighted by molar-refractivity contribution is 6.42. The minimum absolute atomic E-state index is 0.134. The molecule has 3 aromatic carbocycles. The number of aryl methyl sites for hydroxylation is 1. The molecule has 0 unspecified atom stereocenters. The van der Waals surface area contributed by atoms with Crippen LogP contribution in [-0.2, 0) is 4.79 Å². The molecule has 5 nitrogen and oxygen atoms in total. The Morgan fingerprint density at radius 1 is 1.00 bits per heavy atom. The molecule has 0 saturated heterocycles. The maximum Gasteiger partial charge on any atom is 0.336 e. The number of nitrogens with zero attached hydrogens (tertiary/aromatic N) is 1. The third-order valence-corrected chi connectivity index (χ3v) is 5.87. The van der Waals surface area contributed by atoms with Crippen molar-refractivity contribution in [2.24, 2.45) is 0 Å². The van der Waals surface area contributed by atoms with Crippen molar-refractivity contribution in [1.29, 1.82) is 0 Å². The number of halogens is 2. The second kappa shape index (κ2) is 9.53. The van der Waals surface area contributed by atoms with Crippen LogP contribution in [0.3, 0.4) is 0 Å². The van der Waals surface area contributed by atoms with E-state index in [2.05, 4.69) is 4.98 Å². The quantitative estimate of drug-likeness (QED) is 0.292. The summed E-state index contributed by atoms with van der Waals surface area (Å²) in [5, 5.41) is 10.7. The monoisotopic (exact) mass is 478 g/mol. The van der Waals surface area contributed by atoms with Gasteiger partial charge in [-0.05, 0) is 55.0 Å². The predicted molar refractivity (Wildman–Crippen MR) is 133 cm³/mol. The molecule has 0 atom stereocenters. The van der Waals surface area contributed by atoms with Crippen molar-refractivity contribution in [3.63, 3.8) is 0 Å². The van der Waals surface area contributed by atoms with Crippen LogP contribution in [0, 0.1) is 6.92 Å². The molecular formula is C26H20Cl2N2O3. The van der Waals surface area contributed by atoms with Crippen molar-refractivity contribution in [2.45, 2.75) is 6.92 Å². The SMILES string of the molecule is COc1ccc(-c2[nH]c(C=C(C(=O)O)c3cccc(C)c3)nc2-c2ccc(Cl)c(Cl)c2)cc1. The summed E-state index contributed by atoms with van der Waals surface area (Å²) in [6.45, 7) is 1.92. The standard InChI is InChI=1S/C26H20Cl2N2O3/c1-15-4-3-5-17(12-15)20(26(31)32)14-23-29-24(16-6-9-19(33-2)10-7-16)25(30-23)18-8-11-21(27)22(28)13-18/h3-14H,1-2H3,(H,29,30)(H,31,32). The lowest BCUT2D eigenvalue weighted by atomic mass is 10.0. The summed E-state index contributed by atoms with van der Waals surface area (Å²) in [6, 6.07) is 20.1. The van der Waals surface area contributed by atoms with Gasteiger partial charge in [-0.15, -0.1) is 0 Å². The molecule has 0 saturated carbocycles. The van der Waals surface area contributed by atoms with Crippen molar-refractivity contribution in [3.8, 4) is 28.3 Å². The van der Waals surface area contributed by atoms with E-state index in [0.717, 1.165) is 28.1 Å². The number of aromatic nitrogens is 2. The zero-order valence-corrected chi connectivity index (χ0v) is 19.4. The van der Waals surface area contributed by atoms with Gasteiger partial charge < -0.3 is 14.8 Å². The van der Waals surface area contributed by atoms with E-state index in [0.29, 0.717) is 27.1 Å². The number of ether oxygens (including phenoxy) is 1. The van der Waals surface area contributed by atoms with E-state index < -0.39 is 5.97 Å². The number of hydrogen-bond donors (Lipinski definition) is 2. The van der Waals surface area contributed by atoms with E-state index >= 15 is 0 Å². The molecule has 0 spiro atoms. The van der Waals surface area contributed by atoms with Crippen LogP contribution in [0.1, 0.15) is 17.0 Å². The summed E-state index contributed by atoms with van der Waals surface area (Å²) in [5.74, 6) is 0.0852. The number of benzene rings is 3. The fourth-order valence-electron chi connectivity index (χ4n) is 3.50. The maximum atomic E-state index is 12.0. The molecule has 2 N–H and O–H groups in total. The normalized spacial score (nSPS) is 11.5. The Kier molecular flexibility index (Phi) is 6.54. The molecule has 0 radical (unpaired) electrons. The average molecular weight is 479 g/mol. The van der Waals surface area contributed by atoms with Crippen molar-refractivity contribution in [3.05, 3.63) is 93.7 Å². The van der Waals surface area contributed by atoms with Crippen LogP contribution in [0.15, 0.2) is 66.7 Å². The second-order valence-corrected chi connectivity index (χ2v) is 8.25. The molecule has 7 heteroatoms. The number of rotatable bonds is 6. The summed E-state index contributed by atoms with van der Waals surface area (Å²) in [7, 11) is 1.61. The maximum absolute atomic E-state index is 12.0. The number of imidazole rings is 1. The summed E-state index contributed by atoms with van der Waals surface area (Å²) in [4.78, 5) is 20.0. The summed E-state index contributed by atoms with van der Waals surface area (Å²) >= 11 is 12.4. The second-order valence-electron chi connectivity index (χ2n) is 7.44. The highest BCUT2D eigenvalue weighted by atomic mass is 35.5. The number of methoxy groups -OCH3 is 1. The highest BCUT2D eigenvalue weighted by Gasteiger charge is 2.17. The highest BCUT2D eigenvalue weighted by Crippen LogP contribution is 2.35. The van der Waals surface area contributed by atoms with E-state index in [1.165, 1.54) is 6.08 Å². The number of H-pyrrole nitrogens is 1. The number of hydrogen-bond acceptors (Lipinski definition) is 3. The number of carboxylic acid groups (broad SMARTS) is 1. The smallest absolute Gasteiger partial charge is 0.336 e. The Labute approximate surface area is 201 Å². The average Bonchev–Trinajstić information content (AvgIpc) is 3.23. The Morgan fingerprint density at radius 2 is 1.73 bits per heavy atom. The largest absolute Gasteiger partial charge is 0.497 e. The van der Waals surface area contributed by atoms with Gasteiger partial charge in [0.1, 0.15) is 11.6 Å². The van der Waals surface area contributed by atoms with Crippen LogP contribution in [0.2, 0.25) is 10.0 Å². The molecule has 0 aliphatic rings. The van der Waals surface area contributed by atoms with Gasteiger partial charge in [0.15, 0.2) is 0 Å². The summed E-state index contributed by atoms with van der Waals surface area (Å²) in [6.07, 6.45) is 1.53. The van der Waals surface area contributed by atoms with Crippen molar-refractivity contribution in [2.75, 3.05) is 7.11 Å². The molecule has 33 heavy (non-hydrogen) atoms. The van der Waals surface area contributed by atoms with Gasteiger partial charge in [0.25, 0.3) is 0 Å². The van der Waals surface area contributed by atoms with E-state index in [4.69, 9.17) is 32.9 Å². The first-order chi connectivity index (χ1) is 15.9. The predicted octanol–water partition coefficient (Wildman–Crippen LogP) is 6.99. The first-order valence-electron chi connectivity index (χ1n) is 10.1. The molecule has 166 valence electrons. The van der Waals surface area contributed by atoms with Crippen LogP contribution in [0.4, 0.5) is 0 Å². The fourth-order valence-corrected chi connectivity index (χ4v) is 3.79. The van der Waals surface area contributed by atoms with E-state index in [-0.39, 0.29) is 5.57 Å². The van der Waals surface area contributed by atoms with Crippen LogP contribution in [-0.4, -0.2) is 28.2 Å². The Bertz CT molecular complexity index is 1360. The molecule has 4 rings (SSSR count). The lowest BCUT2D eigenvalue weighted by molar-refractivity contribution is -0.130. The Hall–Kier alpha value is -3.54. The van der Waals surface area contributed by atoms with Gasteiger partial charge in [-0.25, -0.2) is 9.78 Å². The minimum atomic E-state index is -1.04. The Balaban J connectivity index is 1.88. The number of aliphatic carboxylic acids is 1. The lowest BCUT2D eigenvalue weighted by Gasteiger charge is -2.06. The van der Waals surface area contributed by atoms with Crippen molar-refractivity contribution >= 4 is 40.8 Å². The number of nitrogens with one attached hydrogen (secondary N) is 1. The van der Waals surface area contributed by atoms with Gasteiger partial charge in [-0.1, -0.05) is 59.1 Å². The van der Waals surface area contributed by atoms with Crippen molar-refractivity contribution < 1.29 is 14.6 Å². The molecule has 0 bridgehead atoms. The third kappa shape index (κ3) is 4.95. The molecule has 0 aliphatic carbocycles. The molecule has 0 amide bonds. The molecule has 4 aromatic rings.